The Bertz CT molecular complexity index is 434. The normalized spacial score (nSPS) is 17.7. The Morgan fingerprint density at radius 1 is 1.53 bits per heavy atom. The van der Waals surface area contributed by atoms with Crippen molar-refractivity contribution in [2.45, 2.75) is 26.2 Å². The number of aliphatic carboxylic acids is 1. The first-order chi connectivity index (χ1) is 7.85. The molecule has 0 aromatic rings. The van der Waals surface area contributed by atoms with Gasteiger partial charge < -0.3 is 5.11 Å². The molecule has 1 fully saturated rings. The Morgan fingerprint density at radius 2 is 2.12 bits per heavy atom. The molecule has 7 heteroatoms. The van der Waals surface area contributed by atoms with Crippen molar-refractivity contribution in [2.24, 2.45) is 5.41 Å². The van der Waals surface area contributed by atoms with Crippen LogP contribution in [0.2, 0.25) is 0 Å². The van der Waals surface area contributed by atoms with Gasteiger partial charge in [-0.15, -0.1) is 0 Å². The standard InChI is InChI=1S/C10H16N2O4S/c1-2-5-12(6-9(13)14)17(15,16)8-10(7-11)3-4-10/h2-6,8H2,1H3,(H,13,14). The van der Waals surface area contributed by atoms with Gasteiger partial charge in [0, 0.05) is 6.54 Å². The summed E-state index contributed by atoms with van der Waals surface area (Å²) in [6.07, 6.45) is 1.71. The molecule has 0 heterocycles. The summed E-state index contributed by atoms with van der Waals surface area (Å²) in [7, 11) is -3.66. The minimum atomic E-state index is -3.66. The minimum Gasteiger partial charge on any atom is -0.480 e. The van der Waals surface area contributed by atoms with Gasteiger partial charge in [-0.3, -0.25) is 4.79 Å². The van der Waals surface area contributed by atoms with Crippen LogP contribution in [0.4, 0.5) is 0 Å². The largest absolute Gasteiger partial charge is 0.480 e. The Hall–Kier alpha value is -1.13. The molecule has 96 valence electrons. The zero-order valence-corrected chi connectivity index (χ0v) is 10.5. The maximum absolute atomic E-state index is 12.0. The molecule has 1 saturated carbocycles. The van der Waals surface area contributed by atoms with Gasteiger partial charge in [-0.05, 0) is 19.3 Å². The third kappa shape index (κ3) is 3.68. The van der Waals surface area contributed by atoms with Crippen LogP contribution in [-0.2, 0) is 14.8 Å². The fraction of sp³-hybridized carbons (Fsp3) is 0.800. The summed E-state index contributed by atoms with van der Waals surface area (Å²) in [6.45, 7) is 1.43. The summed E-state index contributed by atoms with van der Waals surface area (Å²) in [4.78, 5) is 10.6. The van der Waals surface area contributed by atoms with Crippen molar-refractivity contribution in [3.05, 3.63) is 0 Å². The number of carbonyl (C=O) groups is 1. The van der Waals surface area contributed by atoms with E-state index in [-0.39, 0.29) is 12.3 Å². The Labute approximate surface area is 101 Å². The molecular formula is C10H16N2O4S. The molecule has 1 aliphatic rings. The first-order valence-corrected chi connectivity index (χ1v) is 7.07. The molecule has 0 spiro atoms. The number of hydrogen-bond acceptors (Lipinski definition) is 4. The van der Waals surface area contributed by atoms with E-state index in [0.29, 0.717) is 19.3 Å². The van der Waals surface area contributed by atoms with Gasteiger partial charge in [0.1, 0.15) is 6.54 Å². The van der Waals surface area contributed by atoms with Crippen molar-refractivity contribution < 1.29 is 18.3 Å². The van der Waals surface area contributed by atoms with Gasteiger partial charge in [0.25, 0.3) is 0 Å². The van der Waals surface area contributed by atoms with E-state index in [9.17, 15) is 13.2 Å². The predicted molar refractivity (Wildman–Crippen MR) is 60.6 cm³/mol. The lowest BCUT2D eigenvalue weighted by atomic mass is 10.2. The van der Waals surface area contributed by atoms with E-state index < -0.39 is 28.0 Å². The number of nitrogens with zero attached hydrogens (tertiary/aromatic N) is 2. The van der Waals surface area contributed by atoms with E-state index in [1.807, 2.05) is 6.07 Å². The highest BCUT2D eigenvalue weighted by Crippen LogP contribution is 2.46. The molecule has 0 amide bonds. The second-order valence-corrected chi connectivity index (χ2v) is 6.34. The van der Waals surface area contributed by atoms with Gasteiger partial charge in [0.05, 0.1) is 17.2 Å². The van der Waals surface area contributed by atoms with Crippen molar-refractivity contribution in [1.29, 1.82) is 5.26 Å². The molecule has 0 aromatic carbocycles. The molecule has 1 N–H and O–H groups in total. The SMILES string of the molecule is CCCN(CC(=O)O)S(=O)(=O)CC1(C#N)CC1. The number of nitriles is 1. The van der Waals surface area contributed by atoms with Gasteiger partial charge in [-0.1, -0.05) is 6.92 Å². The van der Waals surface area contributed by atoms with Crippen LogP contribution in [0, 0.1) is 16.7 Å². The summed E-state index contributed by atoms with van der Waals surface area (Å²) in [5.74, 6) is -1.44. The van der Waals surface area contributed by atoms with Crippen LogP contribution >= 0.6 is 0 Å². The Morgan fingerprint density at radius 3 is 2.47 bits per heavy atom. The summed E-state index contributed by atoms with van der Waals surface area (Å²) >= 11 is 0. The minimum absolute atomic E-state index is 0.177. The third-order valence-corrected chi connectivity index (χ3v) is 4.74. The monoisotopic (exact) mass is 260 g/mol. The van der Waals surface area contributed by atoms with Gasteiger partial charge in [0.15, 0.2) is 0 Å². The van der Waals surface area contributed by atoms with Crippen molar-refractivity contribution in [3.8, 4) is 6.07 Å². The fourth-order valence-corrected chi connectivity index (χ4v) is 3.60. The lowest BCUT2D eigenvalue weighted by molar-refractivity contribution is -0.137. The van der Waals surface area contributed by atoms with Crippen molar-refractivity contribution in [2.75, 3.05) is 18.8 Å². The summed E-state index contributed by atoms with van der Waals surface area (Å²) in [6, 6.07) is 2.01. The van der Waals surface area contributed by atoms with E-state index in [4.69, 9.17) is 10.4 Å². The fourth-order valence-electron chi connectivity index (χ4n) is 1.60. The molecule has 0 atom stereocenters. The van der Waals surface area contributed by atoms with Gasteiger partial charge in [-0.2, -0.15) is 9.57 Å². The second-order valence-electron chi connectivity index (χ2n) is 4.38. The first kappa shape index (κ1) is 13.9. The van der Waals surface area contributed by atoms with Crippen LogP contribution in [0.15, 0.2) is 0 Å². The molecule has 1 aliphatic carbocycles. The molecule has 17 heavy (non-hydrogen) atoms. The molecule has 1 rings (SSSR count). The summed E-state index contributed by atoms with van der Waals surface area (Å²) < 4.78 is 24.9. The van der Waals surface area contributed by atoms with Gasteiger partial charge >= 0.3 is 5.97 Å². The highest BCUT2D eigenvalue weighted by atomic mass is 32.2. The molecule has 0 unspecified atom stereocenters. The first-order valence-electron chi connectivity index (χ1n) is 5.46. The van der Waals surface area contributed by atoms with Crippen LogP contribution in [0.3, 0.4) is 0 Å². The highest BCUT2D eigenvalue weighted by molar-refractivity contribution is 7.89. The molecule has 0 bridgehead atoms. The van der Waals surface area contributed by atoms with Crippen LogP contribution in [0.5, 0.6) is 0 Å². The van der Waals surface area contributed by atoms with Gasteiger partial charge in [0.2, 0.25) is 10.0 Å². The quantitative estimate of drug-likeness (QED) is 0.715. The smallest absolute Gasteiger partial charge is 0.318 e. The lowest BCUT2D eigenvalue weighted by Crippen LogP contribution is -2.39. The average molecular weight is 260 g/mol. The van der Waals surface area contributed by atoms with E-state index in [2.05, 4.69) is 0 Å². The molecule has 0 aliphatic heterocycles. The topological polar surface area (TPSA) is 98.5 Å². The highest BCUT2D eigenvalue weighted by Gasteiger charge is 2.48. The Kier molecular flexibility index (Phi) is 4.11. The number of carboxylic acids is 1. The second kappa shape index (κ2) is 5.02. The zero-order chi connectivity index (χ0) is 13.1. The lowest BCUT2D eigenvalue weighted by Gasteiger charge is -2.20. The van der Waals surface area contributed by atoms with E-state index in [1.165, 1.54) is 0 Å². The number of carboxylic acid groups (broad SMARTS) is 1. The molecule has 0 radical (unpaired) electrons. The Balaban J connectivity index is 2.78. The van der Waals surface area contributed by atoms with Crippen LogP contribution in [0.25, 0.3) is 0 Å². The molecular weight excluding hydrogens is 244 g/mol. The van der Waals surface area contributed by atoms with Crippen LogP contribution in [0.1, 0.15) is 26.2 Å². The number of hydrogen-bond donors (Lipinski definition) is 1. The van der Waals surface area contributed by atoms with Crippen molar-refractivity contribution in [3.63, 3.8) is 0 Å². The average Bonchev–Trinajstić information content (AvgIpc) is 2.96. The molecule has 0 saturated heterocycles. The molecule has 6 nitrogen and oxygen atoms in total. The number of rotatable bonds is 7. The maximum Gasteiger partial charge on any atom is 0.318 e. The van der Waals surface area contributed by atoms with E-state index >= 15 is 0 Å². The van der Waals surface area contributed by atoms with Crippen LogP contribution in [-0.4, -0.2) is 42.6 Å². The van der Waals surface area contributed by atoms with E-state index in [0.717, 1.165) is 4.31 Å². The summed E-state index contributed by atoms with van der Waals surface area (Å²) in [5, 5.41) is 17.5. The van der Waals surface area contributed by atoms with Gasteiger partial charge in [-0.25, -0.2) is 8.42 Å². The van der Waals surface area contributed by atoms with E-state index in [1.54, 1.807) is 6.92 Å². The van der Waals surface area contributed by atoms with Crippen molar-refractivity contribution >= 4 is 16.0 Å². The maximum atomic E-state index is 12.0. The third-order valence-electron chi connectivity index (χ3n) is 2.73. The van der Waals surface area contributed by atoms with Crippen molar-refractivity contribution in [1.82, 2.24) is 4.31 Å². The summed E-state index contributed by atoms with van der Waals surface area (Å²) in [5.41, 5.74) is -0.774. The zero-order valence-electron chi connectivity index (χ0n) is 9.72. The predicted octanol–water partition coefficient (Wildman–Crippen LogP) is 0.417. The molecule has 0 aromatic heterocycles. The van der Waals surface area contributed by atoms with Crippen LogP contribution < -0.4 is 0 Å². The number of sulfonamides is 1.